The van der Waals surface area contributed by atoms with Gasteiger partial charge in [-0.25, -0.2) is 9.37 Å². The lowest BCUT2D eigenvalue weighted by Gasteiger charge is -2.35. The zero-order valence-corrected chi connectivity index (χ0v) is 16.5. The number of aromatic amines is 1. The molecule has 152 valence electrons. The molecule has 9 heteroatoms. The number of halogens is 1. The minimum Gasteiger partial charge on any atom is -0.497 e. The van der Waals surface area contributed by atoms with Gasteiger partial charge in [0.2, 0.25) is 5.95 Å². The van der Waals surface area contributed by atoms with E-state index in [9.17, 15) is 4.39 Å². The highest BCUT2D eigenvalue weighted by atomic mass is 19.1. The number of H-pyrrole nitrogens is 1. The van der Waals surface area contributed by atoms with Crippen LogP contribution in [-0.2, 0) is 4.74 Å². The number of aromatic nitrogens is 4. The third kappa shape index (κ3) is 4.29. The van der Waals surface area contributed by atoms with E-state index in [1.54, 1.807) is 30.5 Å². The van der Waals surface area contributed by atoms with Crippen LogP contribution in [0, 0.1) is 5.82 Å². The van der Waals surface area contributed by atoms with E-state index in [1.807, 2.05) is 13.8 Å². The van der Waals surface area contributed by atoms with Gasteiger partial charge in [-0.3, -0.25) is 5.10 Å². The lowest BCUT2D eigenvalue weighted by Crippen LogP contribution is -2.46. The summed E-state index contributed by atoms with van der Waals surface area (Å²) in [4.78, 5) is 11.1. The Labute approximate surface area is 168 Å². The summed E-state index contributed by atoms with van der Waals surface area (Å²) in [5.74, 6) is 1.84. The highest BCUT2D eigenvalue weighted by molar-refractivity contribution is 5.66. The van der Waals surface area contributed by atoms with Crippen molar-refractivity contribution in [2.45, 2.75) is 26.1 Å². The molecule has 0 radical (unpaired) electrons. The lowest BCUT2D eigenvalue weighted by molar-refractivity contribution is -0.00571. The van der Waals surface area contributed by atoms with Gasteiger partial charge in [0.25, 0.3) is 0 Å². The van der Waals surface area contributed by atoms with Gasteiger partial charge in [-0.2, -0.15) is 10.1 Å². The maximum absolute atomic E-state index is 14.3. The molecule has 0 saturated carbocycles. The summed E-state index contributed by atoms with van der Waals surface area (Å²) in [7, 11) is 1.50. The van der Waals surface area contributed by atoms with Crippen molar-refractivity contribution >= 4 is 17.6 Å². The first-order chi connectivity index (χ1) is 14.0. The molecule has 1 fully saturated rings. The number of anilines is 3. The second kappa shape index (κ2) is 8.04. The first-order valence-corrected chi connectivity index (χ1v) is 9.41. The summed E-state index contributed by atoms with van der Waals surface area (Å²) in [6.07, 6.45) is 1.94. The van der Waals surface area contributed by atoms with Crippen LogP contribution >= 0.6 is 0 Å². The Morgan fingerprint density at radius 2 is 1.97 bits per heavy atom. The topological polar surface area (TPSA) is 88.2 Å². The van der Waals surface area contributed by atoms with Gasteiger partial charge in [0.15, 0.2) is 5.82 Å². The van der Waals surface area contributed by atoms with E-state index in [4.69, 9.17) is 9.47 Å². The van der Waals surface area contributed by atoms with Crippen molar-refractivity contribution in [1.82, 2.24) is 20.2 Å². The fourth-order valence-corrected chi connectivity index (χ4v) is 3.41. The number of nitrogens with zero attached hydrogens (tertiary/aromatic N) is 4. The molecule has 1 aliphatic heterocycles. The highest BCUT2D eigenvalue weighted by Gasteiger charge is 2.24. The fourth-order valence-electron chi connectivity index (χ4n) is 3.41. The molecule has 0 bridgehead atoms. The van der Waals surface area contributed by atoms with E-state index in [-0.39, 0.29) is 18.0 Å². The number of rotatable bonds is 5. The monoisotopic (exact) mass is 398 g/mol. The van der Waals surface area contributed by atoms with Crippen LogP contribution < -0.4 is 15.0 Å². The zero-order chi connectivity index (χ0) is 20.4. The Bertz CT molecular complexity index is 985. The van der Waals surface area contributed by atoms with Crippen molar-refractivity contribution < 1.29 is 13.9 Å². The predicted molar refractivity (Wildman–Crippen MR) is 108 cm³/mol. The van der Waals surface area contributed by atoms with Gasteiger partial charge in [0.05, 0.1) is 25.0 Å². The van der Waals surface area contributed by atoms with E-state index >= 15 is 0 Å². The number of ether oxygens (including phenoxy) is 2. The molecule has 1 aromatic carbocycles. The Kier molecular flexibility index (Phi) is 5.30. The maximum atomic E-state index is 14.3. The van der Waals surface area contributed by atoms with Gasteiger partial charge in [0, 0.05) is 37.0 Å². The van der Waals surface area contributed by atoms with E-state index in [0.717, 1.165) is 13.1 Å². The smallest absolute Gasteiger partial charge is 0.227 e. The first kappa shape index (κ1) is 19.1. The average molecular weight is 398 g/mol. The van der Waals surface area contributed by atoms with Crippen molar-refractivity contribution in [3.05, 3.63) is 42.3 Å². The van der Waals surface area contributed by atoms with Crippen LogP contribution in [-0.4, -0.2) is 52.6 Å². The van der Waals surface area contributed by atoms with E-state index < -0.39 is 0 Å². The normalized spacial score (nSPS) is 19.2. The number of hydrogen-bond donors (Lipinski definition) is 2. The molecule has 2 unspecified atom stereocenters. The van der Waals surface area contributed by atoms with Crippen LogP contribution in [0.4, 0.5) is 22.0 Å². The minimum atomic E-state index is -0.389. The first-order valence-electron chi connectivity index (χ1n) is 9.41. The molecular formula is C20H23FN6O2. The number of hydrogen-bond acceptors (Lipinski definition) is 7. The van der Waals surface area contributed by atoms with Crippen LogP contribution in [0.5, 0.6) is 5.75 Å². The second-order valence-electron chi connectivity index (χ2n) is 7.04. The van der Waals surface area contributed by atoms with E-state index in [2.05, 4.69) is 30.4 Å². The molecule has 3 heterocycles. The Morgan fingerprint density at radius 1 is 1.17 bits per heavy atom. The molecular weight excluding hydrogens is 375 g/mol. The highest BCUT2D eigenvalue weighted by Crippen LogP contribution is 2.27. The molecule has 8 nitrogen and oxygen atoms in total. The molecule has 0 amide bonds. The summed E-state index contributed by atoms with van der Waals surface area (Å²) in [5.41, 5.74) is 0.962. The molecule has 29 heavy (non-hydrogen) atoms. The molecule has 1 aliphatic rings. The van der Waals surface area contributed by atoms with Crippen LogP contribution in [0.3, 0.4) is 0 Å². The average Bonchev–Trinajstić information content (AvgIpc) is 3.15. The summed E-state index contributed by atoms with van der Waals surface area (Å²) < 4.78 is 25.1. The zero-order valence-electron chi connectivity index (χ0n) is 16.5. The number of morpholine rings is 1. The van der Waals surface area contributed by atoms with Gasteiger partial charge in [-0.15, -0.1) is 0 Å². The fraction of sp³-hybridized carbons (Fsp3) is 0.350. The molecule has 1 saturated heterocycles. The van der Waals surface area contributed by atoms with Crippen LogP contribution in [0.2, 0.25) is 0 Å². The number of methoxy groups -OCH3 is 1. The predicted octanol–water partition coefficient (Wildman–Crippen LogP) is 3.37. The Morgan fingerprint density at radius 3 is 2.69 bits per heavy atom. The standard InChI is InChI=1S/C20H23FN6O2/c1-12-10-27(11-13(2)29-12)20-22-7-6-18(24-20)23-19-9-17(25-26-19)15-5-4-14(28-3)8-16(15)21/h4-9,12-13H,10-11H2,1-3H3,(H2,22,23,24,25,26). The molecule has 0 aliphatic carbocycles. The van der Waals surface area contributed by atoms with E-state index in [0.29, 0.717) is 34.6 Å². The largest absolute Gasteiger partial charge is 0.497 e. The van der Waals surface area contributed by atoms with Crippen LogP contribution in [0.25, 0.3) is 11.3 Å². The molecule has 4 rings (SSSR count). The third-order valence-electron chi connectivity index (χ3n) is 4.65. The van der Waals surface area contributed by atoms with Crippen LogP contribution in [0.15, 0.2) is 36.5 Å². The molecule has 2 N–H and O–H groups in total. The third-order valence-corrected chi connectivity index (χ3v) is 4.65. The summed E-state index contributed by atoms with van der Waals surface area (Å²) >= 11 is 0. The molecule has 2 atom stereocenters. The van der Waals surface area contributed by atoms with Crippen molar-refractivity contribution in [2.24, 2.45) is 0 Å². The summed E-state index contributed by atoms with van der Waals surface area (Å²) in [6, 6.07) is 8.18. The van der Waals surface area contributed by atoms with Crippen LogP contribution in [0.1, 0.15) is 13.8 Å². The van der Waals surface area contributed by atoms with Gasteiger partial charge in [-0.1, -0.05) is 0 Å². The second-order valence-corrected chi connectivity index (χ2v) is 7.04. The Balaban J connectivity index is 1.51. The van der Waals surface area contributed by atoms with Crippen molar-refractivity contribution in [3.8, 4) is 17.0 Å². The number of nitrogens with one attached hydrogen (secondary N) is 2. The van der Waals surface area contributed by atoms with Crippen molar-refractivity contribution in [3.63, 3.8) is 0 Å². The molecule has 0 spiro atoms. The van der Waals surface area contributed by atoms with Gasteiger partial charge < -0.3 is 19.7 Å². The minimum absolute atomic E-state index is 0.118. The quantitative estimate of drug-likeness (QED) is 0.681. The van der Waals surface area contributed by atoms with Gasteiger partial charge >= 0.3 is 0 Å². The Hall–Kier alpha value is -3.20. The maximum Gasteiger partial charge on any atom is 0.227 e. The summed E-state index contributed by atoms with van der Waals surface area (Å²) in [5, 5.41) is 10.2. The van der Waals surface area contributed by atoms with Crippen molar-refractivity contribution in [1.29, 1.82) is 0 Å². The summed E-state index contributed by atoms with van der Waals surface area (Å²) in [6.45, 7) is 5.54. The van der Waals surface area contributed by atoms with E-state index in [1.165, 1.54) is 13.2 Å². The lowest BCUT2D eigenvalue weighted by atomic mass is 10.1. The number of benzene rings is 1. The van der Waals surface area contributed by atoms with Crippen molar-refractivity contribution in [2.75, 3.05) is 30.4 Å². The van der Waals surface area contributed by atoms with Gasteiger partial charge in [-0.05, 0) is 32.0 Å². The SMILES string of the molecule is COc1ccc(-c2cc(Nc3ccnc(N4CC(C)OC(C)C4)n3)n[nH]2)c(F)c1. The van der Waals surface area contributed by atoms with Gasteiger partial charge in [0.1, 0.15) is 17.4 Å². The molecule has 2 aromatic heterocycles. The molecule has 3 aromatic rings.